The normalized spacial score (nSPS) is 16.2. The van der Waals surface area contributed by atoms with E-state index < -0.39 is 0 Å². The second kappa shape index (κ2) is 6.80. The number of carbonyl (C=O) groups excluding carboxylic acids is 1. The number of Topliss-reactive ketones (excluding diaryl/α,β-unsaturated/α-hetero) is 1. The van der Waals surface area contributed by atoms with Crippen LogP contribution in [0.15, 0.2) is 0 Å². The van der Waals surface area contributed by atoms with Crippen LogP contribution in [0.3, 0.4) is 0 Å². The molecule has 106 valence electrons. The van der Waals surface area contributed by atoms with Crippen LogP contribution in [-0.4, -0.2) is 26.6 Å². The first kappa shape index (κ1) is 14.9. The lowest BCUT2D eigenvalue weighted by molar-refractivity contribution is -0.116. The minimum Gasteiger partial charge on any atom is -0.298 e. The molecule has 1 heterocycles. The van der Waals surface area contributed by atoms with Gasteiger partial charge in [0.25, 0.3) is 0 Å². The molecule has 1 saturated carbocycles. The first-order valence-corrected chi connectivity index (χ1v) is 8.39. The number of hydrogen-bond donors (Lipinski definition) is 0. The Hall–Kier alpha value is -0.480. The van der Waals surface area contributed by atoms with E-state index in [1.54, 1.807) is 0 Å². The zero-order chi connectivity index (χ0) is 13.8. The van der Waals surface area contributed by atoms with Crippen molar-refractivity contribution in [1.29, 1.82) is 0 Å². The Morgan fingerprint density at radius 3 is 2.79 bits per heavy atom. The number of thioether (sulfide) groups is 1. The molecule has 0 atom stereocenters. The third-order valence-corrected chi connectivity index (χ3v) is 5.52. The van der Waals surface area contributed by atoms with Gasteiger partial charge in [-0.05, 0) is 26.7 Å². The van der Waals surface area contributed by atoms with Gasteiger partial charge >= 0.3 is 0 Å². The zero-order valence-corrected chi connectivity index (χ0v) is 13.2. The fourth-order valence-electron chi connectivity index (χ4n) is 2.54. The third-order valence-electron chi connectivity index (χ3n) is 3.60. The largest absolute Gasteiger partial charge is 0.298 e. The fourth-order valence-corrected chi connectivity index (χ4v) is 3.93. The molecular formula is C14H21ClN2OS. The highest BCUT2D eigenvalue weighted by molar-refractivity contribution is 8.00. The van der Waals surface area contributed by atoms with E-state index in [1.165, 1.54) is 25.7 Å². The van der Waals surface area contributed by atoms with E-state index in [0.717, 1.165) is 17.9 Å². The van der Waals surface area contributed by atoms with E-state index in [0.29, 0.717) is 22.4 Å². The van der Waals surface area contributed by atoms with Crippen molar-refractivity contribution in [1.82, 2.24) is 9.78 Å². The van der Waals surface area contributed by atoms with Crippen molar-refractivity contribution < 1.29 is 4.79 Å². The van der Waals surface area contributed by atoms with Crippen LogP contribution in [0, 0.1) is 6.92 Å². The number of aromatic nitrogens is 2. The van der Waals surface area contributed by atoms with Crippen molar-refractivity contribution in [3.63, 3.8) is 0 Å². The number of rotatable bonds is 6. The average Bonchev–Trinajstić information content (AvgIpc) is 3.00. The Labute approximate surface area is 124 Å². The molecule has 1 aliphatic rings. The number of hydrogen-bond acceptors (Lipinski definition) is 3. The Kier molecular flexibility index (Phi) is 5.34. The van der Waals surface area contributed by atoms with E-state index in [1.807, 2.05) is 30.3 Å². The second-order valence-corrected chi connectivity index (χ2v) is 6.76. The highest BCUT2D eigenvalue weighted by Gasteiger charge is 2.19. The number of carbonyl (C=O) groups is 1. The molecular weight excluding hydrogens is 280 g/mol. The van der Waals surface area contributed by atoms with Crippen LogP contribution >= 0.6 is 23.4 Å². The predicted octanol–water partition coefficient (Wildman–Crippen LogP) is 3.65. The summed E-state index contributed by atoms with van der Waals surface area (Å²) in [6.45, 7) is 4.66. The van der Waals surface area contributed by atoms with Crippen molar-refractivity contribution in [3.05, 3.63) is 16.4 Å². The molecule has 1 aromatic heterocycles. The van der Waals surface area contributed by atoms with Crippen LogP contribution in [-0.2, 0) is 17.8 Å². The molecule has 1 aromatic rings. The summed E-state index contributed by atoms with van der Waals surface area (Å²) in [6, 6.07) is 0. The van der Waals surface area contributed by atoms with Gasteiger partial charge in [-0.15, -0.1) is 0 Å². The lowest BCUT2D eigenvalue weighted by Gasteiger charge is -2.08. The summed E-state index contributed by atoms with van der Waals surface area (Å²) >= 11 is 8.04. The van der Waals surface area contributed by atoms with E-state index in [2.05, 4.69) is 5.10 Å². The molecule has 0 aliphatic heterocycles. The smallest absolute Gasteiger partial charge is 0.148 e. The van der Waals surface area contributed by atoms with E-state index in [9.17, 15) is 4.79 Å². The van der Waals surface area contributed by atoms with Crippen LogP contribution < -0.4 is 0 Å². The van der Waals surface area contributed by atoms with Gasteiger partial charge in [0.05, 0.1) is 28.6 Å². The van der Waals surface area contributed by atoms with Gasteiger partial charge in [-0.2, -0.15) is 16.9 Å². The monoisotopic (exact) mass is 300 g/mol. The summed E-state index contributed by atoms with van der Waals surface area (Å²) in [5.74, 6) is 0.864. The molecule has 1 fully saturated rings. The van der Waals surface area contributed by atoms with Gasteiger partial charge < -0.3 is 0 Å². The van der Waals surface area contributed by atoms with Crippen LogP contribution in [0.25, 0.3) is 0 Å². The molecule has 3 nitrogen and oxygen atoms in total. The molecule has 0 bridgehead atoms. The van der Waals surface area contributed by atoms with Gasteiger partial charge in [0.15, 0.2) is 0 Å². The van der Waals surface area contributed by atoms with E-state index >= 15 is 0 Å². The third kappa shape index (κ3) is 3.76. The Bertz CT molecular complexity index is 453. The quantitative estimate of drug-likeness (QED) is 0.804. The topological polar surface area (TPSA) is 34.9 Å². The maximum absolute atomic E-state index is 12.1. The zero-order valence-electron chi connectivity index (χ0n) is 11.6. The molecule has 0 aromatic carbocycles. The van der Waals surface area contributed by atoms with Crippen molar-refractivity contribution in [3.8, 4) is 0 Å². The molecule has 0 radical (unpaired) electrons. The Morgan fingerprint density at radius 1 is 1.47 bits per heavy atom. The van der Waals surface area contributed by atoms with Crippen LogP contribution in [0.4, 0.5) is 0 Å². The van der Waals surface area contributed by atoms with Gasteiger partial charge in [-0.3, -0.25) is 9.48 Å². The molecule has 2 rings (SSSR count). The molecule has 0 saturated heterocycles. The second-order valence-electron chi connectivity index (χ2n) is 5.09. The molecule has 0 unspecified atom stereocenters. The Balaban J connectivity index is 1.90. The summed E-state index contributed by atoms with van der Waals surface area (Å²) in [5, 5.41) is 5.69. The van der Waals surface area contributed by atoms with Gasteiger partial charge in [0.1, 0.15) is 5.78 Å². The molecule has 0 spiro atoms. The summed E-state index contributed by atoms with van der Waals surface area (Å²) in [6.07, 6.45) is 5.58. The summed E-state index contributed by atoms with van der Waals surface area (Å²) < 4.78 is 1.84. The van der Waals surface area contributed by atoms with E-state index in [-0.39, 0.29) is 5.78 Å². The fraction of sp³-hybridized carbons (Fsp3) is 0.714. The SMILES string of the molecule is CCn1nc(C)c(Cl)c1CC(=O)CSC1CCCC1. The maximum Gasteiger partial charge on any atom is 0.148 e. The maximum atomic E-state index is 12.1. The first-order valence-electron chi connectivity index (χ1n) is 6.97. The summed E-state index contributed by atoms with van der Waals surface area (Å²) in [4.78, 5) is 12.1. The van der Waals surface area contributed by atoms with Crippen molar-refractivity contribution in [2.45, 2.75) is 57.7 Å². The number of aryl methyl sites for hydroxylation is 2. The van der Waals surface area contributed by atoms with E-state index in [4.69, 9.17) is 11.6 Å². The molecule has 19 heavy (non-hydrogen) atoms. The number of ketones is 1. The van der Waals surface area contributed by atoms with Crippen molar-refractivity contribution in [2.75, 3.05) is 5.75 Å². The molecule has 5 heteroatoms. The lowest BCUT2D eigenvalue weighted by atomic mass is 10.2. The lowest BCUT2D eigenvalue weighted by Crippen LogP contribution is -2.13. The average molecular weight is 301 g/mol. The van der Waals surface area contributed by atoms with Crippen molar-refractivity contribution >= 4 is 29.1 Å². The highest BCUT2D eigenvalue weighted by Crippen LogP contribution is 2.29. The minimum absolute atomic E-state index is 0.258. The van der Waals surface area contributed by atoms with Gasteiger partial charge in [-0.1, -0.05) is 24.4 Å². The van der Waals surface area contributed by atoms with Gasteiger partial charge in [-0.25, -0.2) is 0 Å². The molecule has 0 amide bonds. The number of halogens is 1. The first-order chi connectivity index (χ1) is 9.11. The standard InChI is InChI=1S/C14H21ClN2OS/c1-3-17-13(14(15)10(2)16-17)8-11(18)9-19-12-6-4-5-7-12/h12H,3-9H2,1-2H3. The van der Waals surface area contributed by atoms with Crippen LogP contribution in [0.1, 0.15) is 44.0 Å². The van der Waals surface area contributed by atoms with Crippen LogP contribution in [0.5, 0.6) is 0 Å². The number of nitrogens with zero attached hydrogens (tertiary/aromatic N) is 2. The van der Waals surface area contributed by atoms with Crippen molar-refractivity contribution in [2.24, 2.45) is 0 Å². The van der Waals surface area contributed by atoms with Crippen LogP contribution in [0.2, 0.25) is 5.02 Å². The highest BCUT2D eigenvalue weighted by atomic mass is 35.5. The molecule has 0 N–H and O–H groups in total. The minimum atomic E-state index is 0.258. The summed E-state index contributed by atoms with van der Waals surface area (Å²) in [5.41, 5.74) is 1.69. The molecule has 1 aliphatic carbocycles. The Morgan fingerprint density at radius 2 is 2.16 bits per heavy atom. The van der Waals surface area contributed by atoms with Gasteiger partial charge in [0.2, 0.25) is 0 Å². The predicted molar refractivity (Wildman–Crippen MR) is 81.1 cm³/mol. The van der Waals surface area contributed by atoms with Gasteiger partial charge in [0, 0.05) is 11.8 Å². The summed E-state index contributed by atoms with van der Waals surface area (Å²) in [7, 11) is 0.